The minimum absolute atomic E-state index is 0.271. The van der Waals surface area contributed by atoms with E-state index in [-0.39, 0.29) is 5.91 Å². The molecule has 1 aromatic heterocycles. The van der Waals surface area contributed by atoms with E-state index in [0.29, 0.717) is 24.6 Å². The van der Waals surface area contributed by atoms with Gasteiger partial charge in [-0.05, 0) is 30.9 Å². The summed E-state index contributed by atoms with van der Waals surface area (Å²) < 4.78 is 0. The molecule has 2 unspecified atom stereocenters. The third-order valence-corrected chi connectivity index (χ3v) is 4.11. The van der Waals surface area contributed by atoms with Crippen molar-refractivity contribution in [1.29, 1.82) is 0 Å². The molecule has 21 heavy (non-hydrogen) atoms. The molecule has 0 radical (unpaired) electrons. The Morgan fingerprint density at radius 2 is 2.29 bits per heavy atom. The number of hydrogen-bond donors (Lipinski definition) is 2. The maximum atomic E-state index is 11.7. The van der Waals surface area contributed by atoms with Crippen LogP contribution >= 0.6 is 0 Å². The zero-order chi connectivity index (χ0) is 15.4. The first-order valence-electron chi connectivity index (χ1n) is 7.24. The molecule has 0 saturated carbocycles. The number of aliphatic carboxylic acids is 1. The van der Waals surface area contributed by atoms with Crippen molar-refractivity contribution >= 4 is 17.6 Å². The van der Waals surface area contributed by atoms with Crippen LogP contribution in [0.15, 0.2) is 18.3 Å². The maximum Gasteiger partial charge on any atom is 0.326 e. The van der Waals surface area contributed by atoms with Gasteiger partial charge >= 0.3 is 5.97 Å². The number of amides is 1. The van der Waals surface area contributed by atoms with E-state index >= 15 is 0 Å². The van der Waals surface area contributed by atoms with Crippen molar-refractivity contribution in [1.82, 2.24) is 10.3 Å². The largest absolute Gasteiger partial charge is 0.480 e. The Morgan fingerprint density at radius 3 is 2.90 bits per heavy atom. The van der Waals surface area contributed by atoms with Gasteiger partial charge in [0, 0.05) is 25.5 Å². The second-order valence-electron chi connectivity index (χ2n) is 5.32. The lowest BCUT2D eigenvalue weighted by Crippen LogP contribution is -2.47. The number of rotatable bonds is 4. The van der Waals surface area contributed by atoms with Crippen LogP contribution in [0.4, 0.5) is 5.69 Å². The van der Waals surface area contributed by atoms with Gasteiger partial charge in [0.25, 0.3) is 5.91 Å². The summed E-state index contributed by atoms with van der Waals surface area (Å²) in [6.45, 7) is 2.78. The maximum absolute atomic E-state index is 11.7. The predicted molar refractivity (Wildman–Crippen MR) is 79.4 cm³/mol. The van der Waals surface area contributed by atoms with E-state index in [1.165, 1.54) is 0 Å². The normalized spacial score (nSPS) is 21.9. The van der Waals surface area contributed by atoms with Crippen LogP contribution in [0.3, 0.4) is 0 Å². The van der Waals surface area contributed by atoms with Crippen LogP contribution in [0.25, 0.3) is 0 Å². The van der Waals surface area contributed by atoms with Gasteiger partial charge in [-0.2, -0.15) is 0 Å². The summed E-state index contributed by atoms with van der Waals surface area (Å²) in [6, 6.07) is 2.87. The highest BCUT2D eigenvalue weighted by molar-refractivity contribution is 5.93. The Balaban J connectivity index is 2.27. The molecule has 2 heterocycles. The lowest BCUT2D eigenvalue weighted by Gasteiger charge is -2.38. The molecule has 0 spiro atoms. The lowest BCUT2D eigenvalue weighted by atomic mass is 9.88. The summed E-state index contributed by atoms with van der Waals surface area (Å²) in [7, 11) is 1.55. The molecule has 0 bridgehead atoms. The number of nitrogens with one attached hydrogen (secondary N) is 1. The Kier molecular flexibility index (Phi) is 4.77. The highest BCUT2D eigenvalue weighted by Crippen LogP contribution is 2.30. The number of pyridine rings is 1. The first-order chi connectivity index (χ1) is 10.1. The molecule has 1 aliphatic rings. The minimum atomic E-state index is -0.813. The summed E-state index contributed by atoms with van der Waals surface area (Å²) >= 11 is 0. The zero-order valence-electron chi connectivity index (χ0n) is 12.4. The molecule has 1 fully saturated rings. The van der Waals surface area contributed by atoms with Gasteiger partial charge in [-0.1, -0.05) is 13.3 Å². The molecule has 1 amide bonds. The Hall–Kier alpha value is -2.11. The summed E-state index contributed by atoms with van der Waals surface area (Å²) in [4.78, 5) is 29.1. The number of piperidine rings is 1. The third kappa shape index (κ3) is 3.32. The highest BCUT2D eigenvalue weighted by Gasteiger charge is 2.33. The van der Waals surface area contributed by atoms with Crippen LogP contribution in [0, 0.1) is 5.92 Å². The number of carboxylic acid groups (broad SMARTS) is 1. The number of aromatic nitrogens is 1. The molecular weight excluding hydrogens is 270 g/mol. The fourth-order valence-electron chi connectivity index (χ4n) is 2.80. The van der Waals surface area contributed by atoms with E-state index in [1.54, 1.807) is 25.4 Å². The van der Waals surface area contributed by atoms with Crippen LogP contribution in [-0.2, 0) is 4.79 Å². The second kappa shape index (κ2) is 6.56. The molecule has 2 N–H and O–H groups in total. The van der Waals surface area contributed by atoms with Gasteiger partial charge in [0.1, 0.15) is 11.7 Å². The van der Waals surface area contributed by atoms with Crippen molar-refractivity contribution in [2.45, 2.75) is 32.2 Å². The predicted octanol–water partition coefficient (Wildman–Crippen LogP) is 1.52. The van der Waals surface area contributed by atoms with E-state index in [4.69, 9.17) is 0 Å². The van der Waals surface area contributed by atoms with Gasteiger partial charge in [0.05, 0.1) is 0 Å². The van der Waals surface area contributed by atoms with Crippen molar-refractivity contribution in [3.63, 3.8) is 0 Å². The molecular formula is C15H21N3O3. The average Bonchev–Trinajstić information content (AvgIpc) is 2.53. The molecule has 1 aromatic rings. The smallest absolute Gasteiger partial charge is 0.326 e. The van der Waals surface area contributed by atoms with Crippen LogP contribution < -0.4 is 10.2 Å². The second-order valence-corrected chi connectivity index (χ2v) is 5.32. The number of nitrogens with zero attached hydrogens (tertiary/aromatic N) is 2. The van der Waals surface area contributed by atoms with Crippen LogP contribution in [0.1, 0.15) is 36.7 Å². The first kappa shape index (κ1) is 15.3. The van der Waals surface area contributed by atoms with E-state index in [0.717, 1.165) is 18.5 Å². The fraction of sp³-hybridized carbons (Fsp3) is 0.533. The van der Waals surface area contributed by atoms with Crippen molar-refractivity contribution in [2.24, 2.45) is 5.92 Å². The Bertz CT molecular complexity index is 533. The molecule has 2 rings (SSSR count). The first-order valence-corrected chi connectivity index (χ1v) is 7.24. The monoisotopic (exact) mass is 291 g/mol. The van der Waals surface area contributed by atoms with Gasteiger partial charge in [-0.15, -0.1) is 0 Å². The van der Waals surface area contributed by atoms with Gasteiger partial charge in [0.15, 0.2) is 0 Å². The van der Waals surface area contributed by atoms with Crippen molar-refractivity contribution in [2.75, 3.05) is 18.5 Å². The van der Waals surface area contributed by atoms with Crippen LogP contribution in [-0.4, -0.2) is 41.6 Å². The van der Waals surface area contributed by atoms with Gasteiger partial charge in [0.2, 0.25) is 0 Å². The molecule has 1 saturated heterocycles. The highest BCUT2D eigenvalue weighted by atomic mass is 16.4. The summed E-state index contributed by atoms with van der Waals surface area (Å²) in [5.41, 5.74) is 1.04. The average molecular weight is 291 g/mol. The summed E-state index contributed by atoms with van der Waals surface area (Å²) in [5, 5.41) is 12.0. The molecule has 2 atom stereocenters. The fourth-order valence-corrected chi connectivity index (χ4v) is 2.80. The van der Waals surface area contributed by atoms with E-state index in [9.17, 15) is 14.7 Å². The molecule has 114 valence electrons. The van der Waals surface area contributed by atoms with Gasteiger partial charge in [-0.25, -0.2) is 4.79 Å². The molecule has 0 aliphatic carbocycles. The SMILES string of the molecule is CCC1CCN(c2ccnc(C(=O)NC)c2)C(C(=O)O)C1. The summed E-state index contributed by atoms with van der Waals surface area (Å²) in [6.07, 6.45) is 4.16. The van der Waals surface area contributed by atoms with Crippen LogP contribution in [0.2, 0.25) is 0 Å². The quantitative estimate of drug-likeness (QED) is 0.879. The van der Waals surface area contributed by atoms with Gasteiger partial charge < -0.3 is 15.3 Å². The molecule has 0 aromatic carbocycles. The summed E-state index contributed by atoms with van der Waals surface area (Å²) in [5.74, 6) is -0.638. The number of carboxylic acids is 1. The Morgan fingerprint density at radius 1 is 1.52 bits per heavy atom. The standard InChI is InChI=1S/C15H21N3O3/c1-3-10-5-7-18(13(8-10)15(20)21)11-4-6-17-12(9-11)14(19)16-2/h4,6,9-10,13H,3,5,7-8H2,1-2H3,(H,16,19)(H,20,21). The van der Waals surface area contributed by atoms with Gasteiger partial charge in [-0.3, -0.25) is 9.78 Å². The third-order valence-electron chi connectivity index (χ3n) is 4.11. The topological polar surface area (TPSA) is 82.5 Å². The zero-order valence-corrected chi connectivity index (χ0v) is 12.4. The van der Waals surface area contributed by atoms with Crippen molar-refractivity contribution in [3.05, 3.63) is 24.0 Å². The minimum Gasteiger partial charge on any atom is -0.480 e. The molecule has 6 nitrogen and oxygen atoms in total. The molecule has 6 heteroatoms. The number of carbonyl (C=O) groups is 2. The van der Waals surface area contributed by atoms with E-state index < -0.39 is 12.0 Å². The number of carbonyl (C=O) groups excluding carboxylic acids is 1. The van der Waals surface area contributed by atoms with Crippen molar-refractivity contribution < 1.29 is 14.7 Å². The Labute approximate surface area is 124 Å². The lowest BCUT2D eigenvalue weighted by molar-refractivity contribution is -0.139. The van der Waals surface area contributed by atoms with Crippen LogP contribution in [0.5, 0.6) is 0 Å². The number of anilines is 1. The molecule has 1 aliphatic heterocycles. The van der Waals surface area contributed by atoms with E-state index in [2.05, 4.69) is 17.2 Å². The van der Waals surface area contributed by atoms with E-state index in [1.807, 2.05) is 4.90 Å². The number of hydrogen-bond acceptors (Lipinski definition) is 4. The van der Waals surface area contributed by atoms with Crippen molar-refractivity contribution in [3.8, 4) is 0 Å².